The Labute approximate surface area is 193 Å². The van der Waals surface area contributed by atoms with Crippen LogP contribution in [0.3, 0.4) is 0 Å². The molecule has 0 aliphatic carbocycles. The van der Waals surface area contributed by atoms with E-state index in [4.69, 9.17) is 26.3 Å². The van der Waals surface area contributed by atoms with Crippen molar-refractivity contribution in [3.63, 3.8) is 0 Å². The smallest absolute Gasteiger partial charge is 0.248 e. The second-order valence-corrected chi connectivity index (χ2v) is 8.91. The Morgan fingerprint density at radius 3 is 2.66 bits per heavy atom. The molecule has 170 valence electrons. The SMILES string of the molecule is COCC(=O)N1CCN(c2nc(CCC(C)C)nc3c2cnn3-c2cccc(Cl)c2)CC1. The lowest BCUT2D eigenvalue weighted by Crippen LogP contribution is -2.50. The van der Waals surface area contributed by atoms with E-state index in [2.05, 4.69) is 23.8 Å². The maximum atomic E-state index is 12.2. The van der Waals surface area contributed by atoms with Crippen molar-refractivity contribution in [2.24, 2.45) is 5.92 Å². The van der Waals surface area contributed by atoms with E-state index < -0.39 is 0 Å². The number of piperazine rings is 1. The van der Waals surface area contributed by atoms with Gasteiger partial charge in [0.05, 0.1) is 17.3 Å². The largest absolute Gasteiger partial charge is 0.375 e. The second-order valence-electron chi connectivity index (χ2n) is 8.47. The lowest BCUT2D eigenvalue weighted by molar-refractivity contribution is -0.135. The lowest BCUT2D eigenvalue weighted by atomic mass is 10.1. The third kappa shape index (κ3) is 4.86. The number of rotatable bonds is 7. The number of carbonyl (C=O) groups excluding carboxylic acids is 1. The number of ether oxygens (including phenoxy) is 1. The van der Waals surface area contributed by atoms with Gasteiger partial charge in [0.25, 0.3) is 0 Å². The van der Waals surface area contributed by atoms with E-state index in [1.54, 1.807) is 7.11 Å². The summed E-state index contributed by atoms with van der Waals surface area (Å²) < 4.78 is 6.82. The summed E-state index contributed by atoms with van der Waals surface area (Å²) in [6, 6.07) is 7.59. The summed E-state index contributed by atoms with van der Waals surface area (Å²) >= 11 is 6.22. The highest BCUT2D eigenvalue weighted by Gasteiger charge is 2.25. The molecule has 1 amide bonds. The number of aryl methyl sites for hydroxylation is 1. The summed E-state index contributed by atoms with van der Waals surface area (Å²) in [4.78, 5) is 26.1. The van der Waals surface area contributed by atoms with E-state index in [1.165, 1.54) is 0 Å². The molecule has 0 saturated carbocycles. The highest BCUT2D eigenvalue weighted by atomic mass is 35.5. The van der Waals surface area contributed by atoms with Crippen LogP contribution in [0.25, 0.3) is 16.7 Å². The Morgan fingerprint density at radius 1 is 1.19 bits per heavy atom. The molecular weight excluding hydrogens is 428 g/mol. The summed E-state index contributed by atoms with van der Waals surface area (Å²) in [5.41, 5.74) is 1.64. The summed E-state index contributed by atoms with van der Waals surface area (Å²) in [5, 5.41) is 6.16. The topological polar surface area (TPSA) is 76.4 Å². The van der Waals surface area contributed by atoms with E-state index in [0.717, 1.165) is 41.2 Å². The molecule has 1 aliphatic heterocycles. The third-order valence-electron chi connectivity index (χ3n) is 5.65. The van der Waals surface area contributed by atoms with E-state index in [9.17, 15) is 4.79 Å². The average Bonchev–Trinajstić information content (AvgIpc) is 3.21. The summed E-state index contributed by atoms with van der Waals surface area (Å²) in [6.45, 7) is 7.19. The molecule has 0 bridgehead atoms. The molecule has 1 saturated heterocycles. The quantitative estimate of drug-likeness (QED) is 0.542. The number of halogens is 1. The van der Waals surface area contributed by atoms with Crippen LogP contribution in [0.15, 0.2) is 30.5 Å². The number of carbonyl (C=O) groups is 1. The van der Waals surface area contributed by atoms with Crippen molar-refractivity contribution in [2.75, 3.05) is 44.8 Å². The summed E-state index contributed by atoms with van der Waals surface area (Å²) in [6.07, 6.45) is 3.63. The molecule has 1 aromatic carbocycles. The fraction of sp³-hybridized carbons (Fsp3) is 0.478. The standard InChI is InChI=1S/C23H29ClN6O2/c1-16(2)7-8-20-26-22(29-11-9-28(10-12-29)21(31)15-32-3)19-14-25-30(23(19)27-20)18-6-4-5-17(24)13-18/h4-6,13-14,16H,7-12,15H2,1-3H3. The molecule has 32 heavy (non-hydrogen) atoms. The van der Waals surface area contributed by atoms with Crippen LogP contribution in [0.5, 0.6) is 0 Å². The number of benzene rings is 1. The minimum absolute atomic E-state index is 0.0198. The lowest BCUT2D eigenvalue weighted by Gasteiger charge is -2.35. The zero-order chi connectivity index (χ0) is 22.7. The Bertz CT molecular complexity index is 1090. The average molecular weight is 457 g/mol. The van der Waals surface area contributed by atoms with Gasteiger partial charge < -0.3 is 14.5 Å². The highest BCUT2D eigenvalue weighted by Crippen LogP contribution is 2.28. The Kier molecular flexibility index (Phi) is 6.91. The predicted molar refractivity (Wildman–Crippen MR) is 125 cm³/mol. The van der Waals surface area contributed by atoms with Gasteiger partial charge in [-0.15, -0.1) is 0 Å². The maximum absolute atomic E-state index is 12.2. The number of methoxy groups -OCH3 is 1. The van der Waals surface area contributed by atoms with Crippen molar-refractivity contribution in [1.82, 2.24) is 24.6 Å². The van der Waals surface area contributed by atoms with Gasteiger partial charge >= 0.3 is 0 Å². The molecule has 1 fully saturated rings. The number of aromatic nitrogens is 4. The summed E-state index contributed by atoms with van der Waals surface area (Å²) in [7, 11) is 1.54. The second kappa shape index (κ2) is 9.83. The minimum Gasteiger partial charge on any atom is -0.375 e. The molecule has 0 spiro atoms. The van der Waals surface area contributed by atoms with Crippen molar-refractivity contribution < 1.29 is 9.53 Å². The first-order valence-corrected chi connectivity index (χ1v) is 11.4. The Morgan fingerprint density at radius 2 is 1.97 bits per heavy atom. The number of hydrogen-bond acceptors (Lipinski definition) is 6. The first-order valence-electron chi connectivity index (χ1n) is 11.0. The van der Waals surface area contributed by atoms with Crippen LogP contribution in [-0.2, 0) is 16.0 Å². The fourth-order valence-corrected chi connectivity index (χ4v) is 4.07. The van der Waals surface area contributed by atoms with Crippen LogP contribution in [0.4, 0.5) is 5.82 Å². The van der Waals surface area contributed by atoms with Gasteiger partial charge in [-0.05, 0) is 30.5 Å². The number of nitrogens with zero attached hydrogens (tertiary/aromatic N) is 6. The predicted octanol–water partition coefficient (Wildman–Crippen LogP) is 3.35. The van der Waals surface area contributed by atoms with Gasteiger partial charge in [-0.2, -0.15) is 5.10 Å². The number of fused-ring (bicyclic) bond motifs is 1. The molecular formula is C23H29ClN6O2. The Hall–Kier alpha value is -2.71. The normalized spacial score (nSPS) is 14.5. The zero-order valence-electron chi connectivity index (χ0n) is 18.8. The fourth-order valence-electron chi connectivity index (χ4n) is 3.89. The maximum Gasteiger partial charge on any atom is 0.248 e. The van der Waals surface area contributed by atoms with Gasteiger partial charge in [0.2, 0.25) is 5.91 Å². The minimum atomic E-state index is 0.0198. The van der Waals surface area contributed by atoms with Crippen molar-refractivity contribution in [1.29, 1.82) is 0 Å². The van der Waals surface area contributed by atoms with Crippen LogP contribution in [0.1, 0.15) is 26.1 Å². The van der Waals surface area contributed by atoms with Crippen LogP contribution in [0.2, 0.25) is 5.02 Å². The van der Waals surface area contributed by atoms with Crippen LogP contribution >= 0.6 is 11.6 Å². The first-order chi connectivity index (χ1) is 15.5. The van der Waals surface area contributed by atoms with E-state index in [-0.39, 0.29) is 12.5 Å². The van der Waals surface area contributed by atoms with Gasteiger partial charge in [0.15, 0.2) is 5.65 Å². The van der Waals surface area contributed by atoms with Crippen LogP contribution in [0, 0.1) is 5.92 Å². The molecule has 2 aromatic heterocycles. The molecule has 4 rings (SSSR count). The van der Waals surface area contributed by atoms with Gasteiger partial charge in [-0.25, -0.2) is 14.6 Å². The molecule has 0 unspecified atom stereocenters. The van der Waals surface area contributed by atoms with Crippen molar-refractivity contribution >= 4 is 34.4 Å². The number of anilines is 1. The van der Waals surface area contributed by atoms with Crippen molar-refractivity contribution in [3.8, 4) is 5.69 Å². The number of hydrogen-bond donors (Lipinski definition) is 0. The van der Waals surface area contributed by atoms with Gasteiger partial charge in [0.1, 0.15) is 18.2 Å². The number of amides is 1. The first kappa shape index (κ1) is 22.5. The van der Waals surface area contributed by atoms with Gasteiger partial charge in [0, 0.05) is 44.7 Å². The van der Waals surface area contributed by atoms with E-state index in [0.29, 0.717) is 37.1 Å². The van der Waals surface area contributed by atoms with Crippen molar-refractivity contribution in [2.45, 2.75) is 26.7 Å². The molecule has 0 N–H and O–H groups in total. The summed E-state index contributed by atoms with van der Waals surface area (Å²) in [5.74, 6) is 2.26. The highest BCUT2D eigenvalue weighted by molar-refractivity contribution is 6.30. The van der Waals surface area contributed by atoms with Gasteiger partial charge in [-0.3, -0.25) is 4.79 Å². The zero-order valence-corrected chi connectivity index (χ0v) is 19.5. The third-order valence-corrected chi connectivity index (χ3v) is 5.89. The molecule has 9 heteroatoms. The molecule has 3 heterocycles. The molecule has 8 nitrogen and oxygen atoms in total. The van der Waals surface area contributed by atoms with Crippen LogP contribution < -0.4 is 4.90 Å². The molecule has 0 atom stereocenters. The van der Waals surface area contributed by atoms with E-state index in [1.807, 2.05) is 40.0 Å². The molecule has 0 radical (unpaired) electrons. The van der Waals surface area contributed by atoms with Gasteiger partial charge in [-0.1, -0.05) is 31.5 Å². The molecule has 3 aromatic rings. The molecule has 1 aliphatic rings. The van der Waals surface area contributed by atoms with Crippen LogP contribution in [-0.4, -0.2) is 70.5 Å². The van der Waals surface area contributed by atoms with E-state index >= 15 is 0 Å². The Balaban J connectivity index is 1.69. The monoisotopic (exact) mass is 456 g/mol. The van der Waals surface area contributed by atoms with Crippen molar-refractivity contribution in [3.05, 3.63) is 41.3 Å².